The van der Waals surface area contributed by atoms with Gasteiger partial charge in [0.05, 0.1) is 21.5 Å². The summed E-state index contributed by atoms with van der Waals surface area (Å²) in [7, 11) is 0. The standard InChI is InChI=1S/C30H34Cl2N4O2S2/c31-25-10-9-20(15-26(25)32)17-36-13-11-23(12-14-36)33-28(37)19-40-30-35-27(18-39-30)22-7-4-8-24(16-22)34-29(38)21-5-2-1-3-6-21/h4,7-10,15-16,18,21,23H,1-3,5-6,11-14,17,19H2,(H,33,37)(H,34,38). The molecule has 1 aliphatic carbocycles. The number of likely N-dealkylation sites (tertiary alicyclic amines) is 1. The van der Waals surface area contributed by atoms with Gasteiger partial charge in [-0.1, -0.05) is 72.4 Å². The number of hydrogen-bond donors (Lipinski definition) is 2. The molecule has 1 saturated heterocycles. The number of carbonyl (C=O) groups is 2. The van der Waals surface area contributed by atoms with Gasteiger partial charge in [-0.15, -0.1) is 11.3 Å². The van der Waals surface area contributed by atoms with E-state index in [9.17, 15) is 9.59 Å². The van der Waals surface area contributed by atoms with Crippen LogP contribution >= 0.6 is 46.3 Å². The van der Waals surface area contributed by atoms with E-state index in [-0.39, 0.29) is 23.8 Å². The van der Waals surface area contributed by atoms with Gasteiger partial charge in [0.2, 0.25) is 11.8 Å². The predicted octanol–water partition coefficient (Wildman–Crippen LogP) is 7.51. The van der Waals surface area contributed by atoms with Crippen LogP contribution in [0.5, 0.6) is 0 Å². The molecule has 2 heterocycles. The number of aromatic nitrogens is 1. The van der Waals surface area contributed by atoms with Gasteiger partial charge < -0.3 is 10.6 Å². The van der Waals surface area contributed by atoms with E-state index in [2.05, 4.69) is 15.5 Å². The number of thiazole rings is 1. The monoisotopic (exact) mass is 616 g/mol. The highest BCUT2D eigenvalue weighted by Crippen LogP contribution is 2.31. The summed E-state index contributed by atoms with van der Waals surface area (Å²) in [6.07, 6.45) is 7.30. The lowest BCUT2D eigenvalue weighted by Crippen LogP contribution is -2.44. The zero-order chi connectivity index (χ0) is 27.9. The number of nitrogens with zero attached hydrogens (tertiary/aromatic N) is 2. The van der Waals surface area contributed by atoms with E-state index in [0.29, 0.717) is 15.8 Å². The molecule has 40 heavy (non-hydrogen) atoms. The van der Waals surface area contributed by atoms with E-state index in [1.165, 1.54) is 29.5 Å². The first-order valence-electron chi connectivity index (χ1n) is 13.9. The fraction of sp³-hybridized carbons (Fsp3) is 0.433. The molecule has 1 aliphatic heterocycles. The normalized spacial score (nSPS) is 17.1. The molecule has 212 valence electrons. The summed E-state index contributed by atoms with van der Waals surface area (Å²) in [4.78, 5) is 32.4. The topological polar surface area (TPSA) is 74.3 Å². The van der Waals surface area contributed by atoms with Gasteiger partial charge in [-0.2, -0.15) is 0 Å². The number of nitrogens with one attached hydrogen (secondary N) is 2. The third kappa shape index (κ3) is 8.23. The van der Waals surface area contributed by atoms with Crippen LogP contribution in [0.3, 0.4) is 0 Å². The smallest absolute Gasteiger partial charge is 0.230 e. The molecule has 10 heteroatoms. The lowest BCUT2D eigenvalue weighted by Gasteiger charge is -2.32. The second kappa shape index (κ2) is 14.2. The Hall–Kier alpha value is -2.10. The number of rotatable bonds is 9. The number of piperidine rings is 1. The van der Waals surface area contributed by atoms with E-state index in [1.807, 2.05) is 47.8 Å². The molecule has 2 N–H and O–H groups in total. The van der Waals surface area contributed by atoms with Gasteiger partial charge in [0.1, 0.15) is 0 Å². The summed E-state index contributed by atoms with van der Waals surface area (Å²) >= 11 is 15.2. The van der Waals surface area contributed by atoms with Crippen molar-refractivity contribution in [1.29, 1.82) is 0 Å². The third-order valence-corrected chi connectivity index (χ3v) is 10.3. The number of thioether (sulfide) groups is 1. The molecule has 0 spiro atoms. The fourth-order valence-electron chi connectivity index (χ4n) is 5.35. The number of amides is 2. The Morgan fingerprint density at radius 3 is 2.58 bits per heavy atom. The van der Waals surface area contributed by atoms with Crippen LogP contribution in [0.4, 0.5) is 5.69 Å². The van der Waals surface area contributed by atoms with Crippen molar-refractivity contribution in [2.24, 2.45) is 5.92 Å². The number of carbonyl (C=O) groups excluding carboxylic acids is 2. The van der Waals surface area contributed by atoms with Crippen molar-refractivity contribution in [2.45, 2.75) is 61.9 Å². The summed E-state index contributed by atoms with van der Waals surface area (Å²) < 4.78 is 0.859. The van der Waals surface area contributed by atoms with Crippen molar-refractivity contribution in [3.8, 4) is 11.3 Å². The minimum Gasteiger partial charge on any atom is -0.353 e. The van der Waals surface area contributed by atoms with Crippen LogP contribution in [0.1, 0.15) is 50.5 Å². The lowest BCUT2D eigenvalue weighted by molar-refractivity contribution is -0.121. The Bertz CT molecular complexity index is 1320. The van der Waals surface area contributed by atoms with Crippen LogP contribution in [0.25, 0.3) is 11.3 Å². The molecule has 0 bridgehead atoms. The Morgan fingerprint density at radius 2 is 1.80 bits per heavy atom. The lowest BCUT2D eigenvalue weighted by atomic mass is 9.88. The molecule has 1 aromatic heterocycles. The van der Waals surface area contributed by atoms with Crippen LogP contribution in [0, 0.1) is 5.92 Å². The second-order valence-electron chi connectivity index (χ2n) is 10.6. The molecular formula is C30H34Cl2N4O2S2. The Labute approximate surface area is 254 Å². The van der Waals surface area contributed by atoms with Crippen molar-refractivity contribution in [2.75, 3.05) is 24.2 Å². The summed E-state index contributed by atoms with van der Waals surface area (Å²) in [5, 5.41) is 9.44. The van der Waals surface area contributed by atoms with Crippen molar-refractivity contribution >= 4 is 63.8 Å². The van der Waals surface area contributed by atoms with E-state index in [1.54, 1.807) is 0 Å². The highest BCUT2D eigenvalue weighted by Gasteiger charge is 2.22. The van der Waals surface area contributed by atoms with Gasteiger partial charge in [-0.25, -0.2) is 4.98 Å². The Morgan fingerprint density at radius 1 is 1.00 bits per heavy atom. The van der Waals surface area contributed by atoms with Crippen molar-refractivity contribution < 1.29 is 9.59 Å². The quantitative estimate of drug-likeness (QED) is 0.243. The average molecular weight is 618 g/mol. The third-order valence-electron chi connectivity index (χ3n) is 7.55. The Balaban J connectivity index is 1.05. The molecule has 2 amide bonds. The van der Waals surface area contributed by atoms with Gasteiger partial charge in [-0.05, 0) is 55.5 Å². The number of benzene rings is 2. The number of hydrogen-bond acceptors (Lipinski definition) is 6. The largest absolute Gasteiger partial charge is 0.353 e. The fourth-order valence-corrected chi connectivity index (χ4v) is 7.32. The van der Waals surface area contributed by atoms with Crippen molar-refractivity contribution in [1.82, 2.24) is 15.2 Å². The molecule has 0 radical (unpaired) electrons. The van der Waals surface area contributed by atoms with E-state index < -0.39 is 0 Å². The molecule has 0 atom stereocenters. The molecule has 5 rings (SSSR count). The first-order chi connectivity index (χ1) is 19.4. The summed E-state index contributed by atoms with van der Waals surface area (Å²) in [6.45, 7) is 2.68. The minimum atomic E-state index is 0.0390. The van der Waals surface area contributed by atoms with Gasteiger partial charge in [0.15, 0.2) is 4.34 Å². The van der Waals surface area contributed by atoms with E-state index in [0.717, 1.165) is 85.0 Å². The van der Waals surface area contributed by atoms with Gasteiger partial charge in [0, 0.05) is 48.2 Å². The van der Waals surface area contributed by atoms with Gasteiger partial charge >= 0.3 is 0 Å². The van der Waals surface area contributed by atoms with Gasteiger partial charge in [-0.3, -0.25) is 14.5 Å². The van der Waals surface area contributed by atoms with Crippen molar-refractivity contribution in [3.63, 3.8) is 0 Å². The Kier molecular flexibility index (Phi) is 10.4. The maximum Gasteiger partial charge on any atom is 0.230 e. The zero-order valence-electron chi connectivity index (χ0n) is 22.3. The predicted molar refractivity (Wildman–Crippen MR) is 166 cm³/mol. The molecular weight excluding hydrogens is 583 g/mol. The summed E-state index contributed by atoms with van der Waals surface area (Å²) in [5.74, 6) is 0.618. The van der Waals surface area contributed by atoms with E-state index in [4.69, 9.17) is 28.2 Å². The molecule has 6 nitrogen and oxygen atoms in total. The van der Waals surface area contributed by atoms with Crippen LogP contribution in [0.15, 0.2) is 52.2 Å². The average Bonchev–Trinajstić information content (AvgIpc) is 3.45. The maximum absolute atomic E-state index is 12.6. The first-order valence-corrected chi connectivity index (χ1v) is 16.5. The number of halogens is 2. The molecule has 0 unspecified atom stereocenters. The summed E-state index contributed by atoms with van der Waals surface area (Å²) in [5.41, 5.74) is 3.77. The molecule has 2 fully saturated rings. The molecule has 2 aromatic carbocycles. The maximum atomic E-state index is 12.6. The highest BCUT2D eigenvalue weighted by atomic mass is 35.5. The summed E-state index contributed by atoms with van der Waals surface area (Å²) in [6, 6.07) is 13.8. The van der Waals surface area contributed by atoms with Gasteiger partial charge in [0.25, 0.3) is 0 Å². The molecule has 2 aliphatic rings. The van der Waals surface area contributed by atoms with Crippen LogP contribution in [-0.2, 0) is 16.1 Å². The van der Waals surface area contributed by atoms with Crippen LogP contribution in [-0.4, -0.2) is 46.6 Å². The van der Waals surface area contributed by atoms with Crippen LogP contribution in [0.2, 0.25) is 10.0 Å². The van der Waals surface area contributed by atoms with E-state index >= 15 is 0 Å². The zero-order valence-corrected chi connectivity index (χ0v) is 25.5. The molecule has 3 aromatic rings. The SMILES string of the molecule is O=C(CSc1nc(-c2cccc(NC(=O)C3CCCCC3)c2)cs1)NC1CCN(Cc2ccc(Cl)c(Cl)c2)CC1. The van der Waals surface area contributed by atoms with Crippen LogP contribution < -0.4 is 10.6 Å². The first kappa shape index (κ1) is 29.4. The number of anilines is 1. The second-order valence-corrected chi connectivity index (χ2v) is 13.5. The minimum absolute atomic E-state index is 0.0390. The molecule has 1 saturated carbocycles. The van der Waals surface area contributed by atoms with Crippen molar-refractivity contribution in [3.05, 3.63) is 63.5 Å². The highest BCUT2D eigenvalue weighted by molar-refractivity contribution is 8.01.